The molecule has 2 heterocycles. The Morgan fingerprint density at radius 1 is 1.19 bits per heavy atom. The lowest BCUT2D eigenvalue weighted by atomic mass is 9.52. The van der Waals surface area contributed by atoms with E-state index in [1.165, 1.54) is 26.2 Å². The largest absolute Gasteiger partial charge is 0.435 e. The molecule has 27 heavy (non-hydrogen) atoms. The van der Waals surface area contributed by atoms with Crippen molar-refractivity contribution in [3.63, 3.8) is 0 Å². The van der Waals surface area contributed by atoms with Crippen molar-refractivity contribution in [2.75, 3.05) is 0 Å². The van der Waals surface area contributed by atoms with E-state index in [1.807, 2.05) is 0 Å². The molecular formula is C22H32O5. The van der Waals surface area contributed by atoms with Crippen LogP contribution in [0.1, 0.15) is 73.1 Å². The van der Waals surface area contributed by atoms with Gasteiger partial charge < -0.3 is 14.2 Å². The predicted molar refractivity (Wildman–Crippen MR) is 99.3 cm³/mol. The Hall–Kier alpha value is -1.36. The highest BCUT2D eigenvalue weighted by Gasteiger charge is 2.61. The maximum atomic E-state index is 12.0. The fourth-order valence-electron chi connectivity index (χ4n) is 6.36. The standard InChI is InChI=1S/C22H32O5/c1-12-14-7-6-9-21(3,4)16(14)8-10-22(12,5)18-15-11-17(24)26-20(18)27-19(15)25-13(2)23/h12,15,18-20H,6-11H2,1-5H3/t12-,15-,18+,19-,20-,22-/m1/s1. The quantitative estimate of drug-likeness (QED) is 0.529. The van der Waals surface area contributed by atoms with E-state index in [4.69, 9.17) is 14.2 Å². The summed E-state index contributed by atoms with van der Waals surface area (Å²) in [5.41, 5.74) is 3.52. The molecule has 0 saturated carbocycles. The Balaban J connectivity index is 1.67. The van der Waals surface area contributed by atoms with Gasteiger partial charge in [-0.15, -0.1) is 0 Å². The van der Waals surface area contributed by atoms with Crippen LogP contribution in [0.2, 0.25) is 0 Å². The number of fused-ring (bicyclic) bond motifs is 2. The second-order valence-corrected chi connectivity index (χ2v) is 9.83. The summed E-state index contributed by atoms with van der Waals surface area (Å²) in [6.45, 7) is 10.8. The summed E-state index contributed by atoms with van der Waals surface area (Å²) in [6, 6.07) is 0. The number of rotatable bonds is 2. The lowest BCUT2D eigenvalue weighted by molar-refractivity contribution is -0.214. The van der Waals surface area contributed by atoms with E-state index in [1.54, 1.807) is 11.1 Å². The third-order valence-corrected chi connectivity index (χ3v) is 7.94. The van der Waals surface area contributed by atoms with Crippen LogP contribution in [0.4, 0.5) is 0 Å². The highest BCUT2D eigenvalue weighted by molar-refractivity contribution is 5.71. The molecule has 4 aliphatic rings. The van der Waals surface area contributed by atoms with Crippen LogP contribution in [0.3, 0.4) is 0 Å². The van der Waals surface area contributed by atoms with E-state index in [-0.39, 0.29) is 41.0 Å². The number of ether oxygens (including phenoxy) is 3. The van der Waals surface area contributed by atoms with Crippen molar-refractivity contribution in [2.24, 2.45) is 28.6 Å². The van der Waals surface area contributed by atoms with Gasteiger partial charge in [0.05, 0.1) is 6.42 Å². The third-order valence-electron chi connectivity index (χ3n) is 7.94. The van der Waals surface area contributed by atoms with Gasteiger partial charge in [-0.05, 0) is 48.9 Å². The van der Waals surface area contributed by atoms with E-state index in [0.717, 1.165) is 12.8 Å². The maximum Gasteiger partial charge on any atom is 0.308 e. The summed E-state index contributed by atoms with van der Waals surface area (Å²) < 4.78 is 16.9. The number of hydrogen-bond acceptors (Lipinski definition) is 5. The van der Waals surface area contributed by atoms with Gasteiger partial charge in [0.1, 0.15) is 0 Å². The third kappa shape index (κ3) is 2.93. The molecule has 0 aromatic carbocycles. The van der Waals surface area contributed by atoms with Gasteiger partial charge in [-0.25, -0.2) is 0 Å². The van der Waals surface area contributed by atoms with Crippen molar-refractivity contribution in [3.8, 4) is 0 Å². The minimum absolute atomic E-state index is 0.0306. The van der Waals surface area contributed by atoms with Crippen LogP contribution in [-0.4, -0.2) is 24.5 Å². The lowest BCUT2D eigenvalue weighted by Gasteiger charge is -2.52. The highest BCUT2D eigenvalue weighted by atomic mass is 16.8. The zero-order valence-corrected chi connectivity index (χ0v) is 17.2. The highest BCUT2D eigenvalue weighted by Crippen LogP contribution is 2.61. The van der Waals surface area contributed by atoms with Gasteiger partial charge in [-0.3, -0.25) is 9.59 Å². The molecule has 5 heteroatoms. The molecule has 0 N–H and O–H groups in total. The van der Waals surface area contributed by atoms with Crippen molar-refractivity contribution in [3.05, 3.63) is 11.1 Å². The number of carbonyl (C=O) groups excluding carboxylic acids is 2. The molecule has 4 rings (SSSR count). The minimum atomic E-state index is -0.675. The molecule has 0 spiro atoms. The first-order valence-electron chi connectivity index (χ1n) is 10.4. The molecule has 5 nitrogen and oxygen atoms in total. The van der Waals surface area contributed by atoms with Crippen LogP contribution in [0.25, 0.3) is 0 Å². The first-order chi connectivity index (χ1) is 12.6. The molecule has 2 bridgehead atoms. The van der Waals surface area contributed by atoms with E-state index in [9.17, 15) is 9.59 Å². The Morgan fingerprint density at radius 3 is 2.63 bits per heavy atom. The van der Waals surface area contributed by atoms with Gasteiger partial charge in [-0.1, -0.05) is 38.8 Å². The minimum Gasteiger partial charge on any atom is -0.435 e. The smallest absolute Gasteiger partial charge is 0.308 e. The normalized spacial score (nSPS) is 43.1. The first kappa shape index (κ1) is 19.0. The predicted octanol–water partition coefficient (Wildman–Crippen LogP) is 4.35. The second-order valence-electron chi connectivity index (χ2n) is 9.83. The molecule has 0 radical (unpaired) electrons. The van der Waals surface area contributed by atoms with Crippen molar-refractivity contribution < 1.29 is 23.8 Å². The fraction of sp³-hybridized carbons (Fsp3) is 0.818. The van der Waals surface area contributed by atoms with Crippen LogP contribution in [0.15, 0.2) is 11.1 Å². The molecule has 0 aromatic rings. The van der Waals surface area contributed by atoms with Crippen molar-refractivity contribution in [2.45, 2.75) is 85.7 Å². The number of hydrogen-bond donors (Lipinski definition) is 0. The molecule has 150 valence electrons. The zero-order valence-electron chi connectivity index (χ0n) is 17.2. The Bertz CT molecular complexity index is 693. The van der Waals surface area contributed by atoms with Crippen LogP contribution in [0.5, 0.6) is 0 Å². The van der Waals surface area contributed by atoms with Gasteiger partial charge in [-0.2, -0.15) is 0 Å². The summed E-state index contributed by atoms with van der Waals surface area (Å²) >= 11 is 0. The Labute approximate surface area is 161 Å². The van der Waals surface area contributed by atoms with E-state index in [0.29, 0.717) is 5.92 Å². The monoisotopic (exact) mass is 376 g/mol. The summed E-state index contributed by atoms with van der Waals surface area (Å²) in [5, 5.41) is 0. The van der Waals surface area contributed by atoms with E-state index >= 15 is 0 Å². The van der Waals surface area contributed by atoms with E-state index in [2.05, 4.69) is 27.7 Å². The number of esters is 2. The average molecular weight is 376 g/mol. The fourth-order valence-corrected chi connectivity index (χ4v) is 6.36. The lowest BCUT2D eigenvalue weighted by Crippen LogP contribution is -2.49. The Morgan fingerprint density at radius 2 is 1.93 bits per heavy atom. The summed E-state index contributed by atoms with van der Waals surface area (Å²) in [5.74, 6) is -0.270. The Kier molecular flexibility index (Phi) is 4.45. The molecule has 0 aromatic heterocycles. The second kappa shape index (κ2) is 6.33. The summed E-state index contributed by atoms with van der Waals surface area (Å²) in [7, 11) is 0. The maximum absolute atomic E-state index is 12.0. The molecule has 2 aliphatic carbocycles. The molecule has 6 atom stereocenters. The van der Waals surface area contributed by atoms with Crippen molar-refractivity contribution in [1.29, 1.82) is 0 Å². The molecular weight excluding hydrogens is 344 g/mol. The SMILES string of the molecule is CC(=O)O[C@@H]1O[C@H]2OC(=O)C[C@@H]1[C@@H]2[C@]1(C)CCC2=C(CCCC2(C)C)[C@H]1C. The molecule has 2 aliphatic heterocycles. The number of allylic oxidation sites excluding steroid dienone is 2. The van der Waals surface area contributed by atoms with Crippen LogP contribution >= 0.6 is 0 Å². The molecule has 2 fully saturated rings. The van der Waals surface area contributed by atoms with Crippen LogP contribution in [-0.2, 0) is 23.8 Å². The molecule has 0 amide bonds. The van der Waals surface area contributed by atoms with E-state index < -0.39 is 12.6 Å². The number of carbonyl (C=O) groups is 2. The average Bonchev–Trinajstić information content (AvgIpc) is 2.79. The zero-order chi connectivity index (χ0) is 19.6. The topological polar surface area (TPSA) is 61.8 Å². The van der Waals surface area contributed by atoms with Gasteiger partial charge in [0.25, 0.3) is 0 Å². The van der Waals surface area contributed by atoms with Gasteiger partial charge >= 0.3 is 11.9 Å². The summed E-state index contributed by atoms with van der Waals surface area (Å²) in [6.07, 6.45) is 4.82. The van der Waals surface area contributed by atoms with Gasteiger partial charge in [0.2, 0.25) is 12.6 Å². The first-order valence-corrected chi connectivity index (χ1v) is 10.4. The molecule has 0 unspecified atom stereocenters. The van der Waals surface area contributed by atoms with Crippen LogP contribution in [0, 0.1) is 28.6 Å². The van der Waals surface area contributed by atoms with Gasteiger partial charge in [0, 0.05) is 18.8 Å². The van der Waals surface area contributed by atoms with Crippen molar-refractivity contribution in [1.82, 2.24) is 0 Å². The van der Waals surface area contributed by atoms with Gasteiger partial charge in [0.15, 0.2) is 0 Å². The van der Waals surface area contributed by atoms with Crippen molar-refractivity contribution >= 4 is 11.9 Å². The van der Waals surface area contributed by atoms with Crippen LogP contribution < -0.4 is 0 Å². The summed E-state index contributed by atoms with van der Waals surface area (Å²) in [4.78, 5) is 23.6. The molecule has 2 saturated heterocycles.